The van der Waals surface area contributed by atoms with Crippen LogP contribution < -0.4 is 14.5 Å². The van der Waals surface area contributed by atoms with E-state index < -0.39 is 0 Å². The molecule has 33 heavy (non-hydrogen) atoms. The average Bonchev–Trinajstić information content (AvgIpc) is 2.85. The van der Waals surface area contributed by atoms with Gasteiger partial charge in [-0.3, -0.25) is 0 Å². The van der Waals surface area contributed by atoms with Crippen LogP contribution in [0.25, 0.3) is 10.8 Å². The SMILES string of the molecule is Cc1ccccc1N1CCN(C(=O)Oc2ccc3cccc(N4CCN(C)CC4)c3c2)CC1. The van der Waals surface area contributed by atoms with Crippen LogP contribution in [0.3, 0.4) is 0 Å². The van der Waals surface area contributed by atoms with E-state index in [1.807, 2.05) is 23.1 Å². The molecule has 6 nitrogen and oxygen atoms in total. The van der Waals surface area contributed by atoms with Crippen LogP contribution >= 0.6 is 0 Å². The van der Waals surface area contributed by atoms with E-state index in [9.17, 15) is 4.79 Å². The summed E-state index contributed by atoms with van der Waals surface area (Å²) in [6.07, 6.45) is -0.268. The van der Waals surface area contributed by atoms with Gasteiger partial charge in [-0.05, 0) is 49.2 Å². The minimum atomic E-state index is -0.268. The summed E-state index contributed by atoms with van der Waals surface area (Å²) >= 11 is 0. The molecule has 2 aliphatic rings. The Morgan fingerprint density at radius 3 is 2.18 bits per heavy atom. The van der Waals surface area contributed by atoms with E-state index in [1.165, 1.54) is 16.9 Å². The molecular weight excluding hydrogens is 412 g/mol. The Labute approximate surface area is 195 Å². The number of anilines is 2. The number of benzene rings is 3. The predicted octanol–water partition coefficient (Wildman–Crippen LogP) is 4.22. The number of ether oxygens (including phenoxy) is 1. The molecule has 2 saturated heterocycles. The summed E-state index contributed by atoms with van der Waals surface area (Å²) in [5.74, 6) is 0.607. The Morgan fingerprint density at radius 2 is 1.42 bits per heavy atom. The highest BCUT2D eigenvalue weighted by molar-refractivity contribution is 5.95. The zero-order valence-electron chi connectivity index (χ0n) is 19.5. The molecule has 172 valence electrons. The Morgan fingerprint density at radius 1 is 0.758 bits per heavy atom. The summed E-state index contributed by atoms with van der Waals surface area (Å²) in [4.78, 5) is 21.8. The van der Waals surface area contributed by atoms with Crippen molar-refractivity contribution in [3.05, 3.63) is 66.2 Å². The van der Waals surface area contributed by atoms with Gasteiger partial charge in [0.1, 0.15) is 5.75 Å². The van der Waals surface area contributed by atoms with Crippen LogP contribution in [-0.4, -0.2) is 75.3 Å². The fraction of sp³-hybridized carbons (Fsp3) is 0.370. The van der Waals surface area contributed by atoms with Gasteiger partial charge in [0.05, 0.1) is 0 Å². The molecule has 0 saturated carbocycles. The van der Waals surface area contributed by atoms with Crippen molar-refractivity contribution in [2.24, 2.45) is 0 Å². The first-order valence-corrected chi connectivity index (χ1v) is 11.8. The van der Waals surface area contributed by atoms with E-state index >= 15 is 0 Å². The molecule has 3 aromatic rings. The maximum absolute atomic E-state index is 12.9. The number of hydrogen-bond donors (Lipinski definition) is 0. The fourth-order valence-corrected chi connectivity index (χ4v) is 4.84. The molecule has 2 heterocycles. The molecule has 0 spiro atoms. The largest absolute Gasteiger partial charge is 0.415 e. The highest BCUT2D eigenvalue weighted by Crippen LogP contribution is 2.31. The predicted molar refractivity (Wildman–Crippen MR) is 135 cm³/mol. The van der Waals surface area contributed by atoms with Crippen molar-refractivity contribution >= 4 is 28.2 Å². The number of amides is 1. The van der Waals surface area contributed by atoms with E-state index in [0.717, 1.165) is 50.0 Å². The Kier molecular flexibility index (Phi) is 6.09. The maximum atomic E-state index is 12.9. The van der Waals surface area contributed by atoms with Crippen LogP contribution in [0.5, 0.6) is 5.75 Å². The molecule has 0 aromatic heterocycles. The number of aryl methyl sites for hydroxylation is 1. The lowest BCUT2D eigenvalue weighted by atomic mass is 10.1. The second-order valence-corrected chi connectivity index (χ2v) is 9.08. The number of likely N-dealkylation sites (N-methyl/N-ethyl adjacent to an activating group) is 1. The number of piperazine rings is 2. The molecule has 0 unspecified atom stereocenters. The standard InChI is InChI=1S/C27H32N4O2/c1-21-6-3-4-8-25(21)29-16-18-31(19-17-29)27(32)33-23-11-10-22-7-5-9-26(24(22)20-23)30-14-12-28(2)13-15-30/h3-11,20H,12-19H2,1-2H3. The first kappa shape index (κ1) is 21.6. The summed E-state index contributed by atoms with van der Waals surface area (Å²) in [6.45, 7) is 9.19. The molecule has 6 heteroatoms. The van der Waals surface area contributed by atoms with Crippen molar-refractivity contribution in [2.75, 3.05) is 69.2 Å². The minimum absolute atomic E-state index is 0.268. The monoisotopic (exact) mass is 444 g/mol. The molecule has 1 amide bonds. The molecule has 0 bridgehead atoms. The number of hydrogen-bond acceptors (Lipinski definition) is 5. The lowest BCUT2D eigenvalue weighted by Gasteiger charge is -2.36. The van der Waals surface area contributed by atoms with E-state index in [2.05, 4.69) is 71.1 Å². The van der Waals surface area contributed by atoms with Crippen LogP contribution in [-0.2, 0) is 0 Å². The van der Waals surface area contributed by atoms with Gasteiger partial charge in [-0.25, -0.2) is 4.79 Å². The lowest BCUT2D eigenvalue weighted by molar-refractivity contribution is 0.149. The van der Waals surface area contributed by atoms with E-state index in [0.29, 0.717) is 18.8 Å². The zero-order chi connectivity index (χ0) is 22.8. The highest BCUT2D eigenvalue weighted by atomic mass is 16.6. The van der Waals surface area contributed by atoms with Gasteiger partial charge in [0.2, 0.25) is 0 Å². The summed E-state index contributed by atoms with van der Waals surface area (Å²) in [5.41, 5.74) is 3.72. The minimum Gasteiger partial charge on any atom is -0.410 e. The lowest BCUT2D eigenvalue weighted by Crippen LogP contribution is -2.49. The van der Waals surface area contributed by atoms with Crippen molar-refractivity contribution in [1.82, 2.24) is 9.80 Å². The van der Waals surface area contributed by atoms with Crippen molar-refractivity contribution in [3.8, 4) is 5.75 Å². The quantitative estimate of drug-likeness (QED) is 0.605. The third-order valence-corrected chi connectivity index (χ3v) is 6.87. The number of para-hydroxylation sites is 1. The van der Waals surface area contributed by atoms with Crippen LogP contribution in [0, 0.1) is 6.92 Å². The normalized spacial score (nSPS) is 17.5. The maximum Gasteiger partial charge on any atom is 0.415 e. The number of fused-ring (bicyclic) bond motifs is 1. The van der Waals surface area contributed by atoms with Crippen molar-refractivity contribution < 1.29 is 9.53 Å². The molecule has 0 N–H and O–H groups in total. The molecule has 5 rings (SSSR count). The van der Waals surface area contributed by atoms with Gasteiger partial charge >= 0.3 is 6.09 Å². The number of carbonyl (C=O) groups is 1. The van der Waals surface area contributed by atoms with Gasteiger partial charge in [0.15, 0.2) is 0 Å². The smallest absolute Gasteiger partial charge is 0.410 e. The highest BCUT2D eigenvalue weighted by Gasteiger charge is 2.24. The van der Waals surface area contributed by atoms with Gasteiger partial charge in [-0.1, -0.05) is 36.4 Å². The average molecular weight is 445 g/mol. The first-order valence-electron chi connectivity index (χ1n) is 11.8. The summed E-state index contributed by atoms with van der Waals surface area (Å²) in [6, 6.07) is 20.8. The van der Waals surface area contributed by atoms with E-state index in [1.54, 1.807) is 0 Å². The number of carbonyl (C=O) groups excluding carboxylic acids is 1. The molecule has 3 aromatic carbocycles. The van der Waals surface area contributed by atoms with E-state index in [-0.39, 0.29) is 6.09 Å². The van der Waals surface area contributed by atoms with Gasteiger partial charge < -0.3 is 24.3 Å². The Hall–Kier alpha value is -3.25. The topological polar surface area (TPSA) is 39.3 Å². The van der Waals surface area contributed by atoms with Crippen LogP contribution in [0.2, 0.25) is 0 Å². The summed E-state index contributed by atoms with van der Waals surface area (Å²) < 4.78 is 5.83. The van der Waals surface area contributed by atoms with Crippen molar-refractivity contribution in [1.29, 1.82) is 0 Å². The third kappa shape index (κ3) is 4.62. The van der Waals surface area contributed by atoms with Gasteiger partial charge in [-0.15, -0.1) is 0 Å². The zero-order valence-corrected chi connectivity index (χ0v) is 19.5. The molecular formula is C27H32N4O2. The molecule has 0 atom stereocenters. The van der Waals surface area contributed by atoms with Gasteiger partial charge in [-0.2, -0.15) is 0 Å². The van der Waals surface area contributed by atoms with Crippen LogP contribution in [0.1, 0.15) is 5.56 Å². The summed E-state index contributed by atoms with van der Waals surface area (Å²) in [5, 5.41) is 2.30. The van der Waals surface area contributed by atoms with E-state index in [4.69, 9.17) is 4.74 Å². The third-order valence-electron chi connectivity index (χ3n) is 6.87. The van der Waals surface area contributed by atoms with Crippen molar-refractivity contribution in [2.45, 2.75) is 6.92 Å². The second kappa shape index (κ2) is 9.32. The first-order chi connectivity index (χ1) is 16.1. The molecule has 2 fully saturated rings. The van der Waals surface area contributed by atoms with Gasteiger partial charge in [0, 0.05) is 69.1 Å². The number of rotatable bonds is 3. The number of nitrogens with zero attached hydrogens (tertiary/aromatic N) is 4. The molecule has 0 radical (unpaired) electrons. The van der Waals surface area contributed by atoms with Crippen molar-refractivity contribution in [3.63, 3.8) is 0 Å². The van der Waals surface area contributed by atoms with Gasteiger partial charge in [0.25, 0.3) is 0 Å². The molecule has 0 aliphatic carbocycles. The Balaban J connectivity index is 1.27. The molecule has 2 aliphatic heterocycles. The van der Waals surface area contributed by atoms with Crippen LogP contribution in [0.15, 0.2) is 60.7 Å². The fourth-order valence-electron chi connectivity index (χ4n) is 4.84. The summed E-state index contributed by atoms with van der Waals surface area (Å²) in [7, 11) is 2.17. The Bertz CT molecular complexity index is 1130. The second-order valence-electron chi connectivity index (χ2n) is 9.08. The van der Waals surface area contributed by atoms with Crippen LogP contribution in [0.4, 0.5) is 16.2 Å².